The van der Waals surface area contributed by atoms with E-state index in [1.54, 1.807) is 0 Å². The van der Waals surface area contributed by atoms with Crippen LogP contribution in [0.15, 0.2) is 48.6 Å². The molecule has 0 amide bonds. The zero-order valence-corrected chi connectivity index (χ0v) is 41.6. The van der Waals surface area contributed by atoms with Crippen LogP contribution in [0.1, 0.15) is 278 Å². The van der Waals surface area contributed by atoms with E-state index in [4.69, 9.17) is 14.2 Å². The number of esters is 2. The van der Waals surface area contributed by atoms with Gasteiger partial charge in [0.1, 0.15) is 6.61 Å². The molecule has 62 heavy (non-hydrogen) atoms. The fourth-order valence-corrected chi connectivity index (χ4v) is 7.75. The summed E-state index contributed by atoms with van der Waals surface area (Å²) < 4.78 is 17.4. The van der Waals surface area contributed by atoms with Crippen molar-refractivity contribution in [1.29, 1.82) is 0 Å². The van der Waals surface area contributed by atoms with Crippen molar-refractivity contribution in [3.8, 4) is 0 Å². The van der Waals surface area contributed by atoms with Crippen LogP contribution in [0.2, 0.25) is 0 Å². The summed E-state index contributed by atoms with van der Waals surface area (Å²) in [4.78, 5) is 25.3. The first-order valence-electron chi connectivity index (χ1n) is 27.2. The molecular formula is C57H104O5. The highest BCUT2D eigenvalue weighted by Gasteiger charge is 2.17. The van der Waals surface area contributed by atoms with Gasteiger partial charge in [-0.1, -0.05) is 230 Å². The second kappa shape index (κ2) is 53.2. The molecule has 0 radical (unpaired) electrons. The molecule has 5 nitrogen and oxygen atoms in total. The molecular weight excluding hydrogens is 765 g/mol. The second-order valence-corrected chi connectivity index (χ2v) is 18.1. The molecule has 362 valence electrons. The number of carbonyl (C=O) groups is 2. The summed E-state index contributed by atoms with van der Waals surface area (Å²) in [6.07, 6.45) is 65.5. The highest BCUT2D eigenvalue weighted by molar-refractivity contribution is 5.70. The van der Waals surface area contributed by atoms with Gasteiger partial charge in [-0.3, -0.25) is 9.59 Å². The third kappa shape index (κ3) is 50.5. The standard InChI is InChI=1S/C57H104O5/c1-4-7-10-13-16-19-21-23-25-27-28-29-31-33-35-37-40-43-46-49-52-60-53-55(62-57(59)51-48-45-42-38-18-15-12-9-6-3)54-61-56(58)50-47-44-41-39-36-34-32-30-26-24-22-20-17-14-11-8-5-2/h16-17,19-20,23-26,55H,4-15,18,21-22,27-54H2,1-3H3/b19-16-,20-17-,25-23-,26-24-. The Morgan fingerprint density at radius 1 is 0.355 bits per heavy atom. The lowest BCUT2D eigenvalue weighted by Crippen LogP contribution is -2.30. The third-order valence-corrected chi connectivity index (χ3v) is 11.8. The summed E-state index contributed by atoms with van der Waals surface area (Å²) in [7, 11) is 0. The SMILES string of the molecule is CCCCC/C=C\C/C=C\CCCCCCCCCCCCOCC(COC(=O)CCCCCCCCC/C=C\C/C=C\CCCCC)OC(=O)CCCCCCCCCCC. The summed E-state index contributed by atoms with van der Waals surface area (Å²) in [6.45, 7) is 7.78. The largest absolute Gasteiger partial charge is 0.462 e. The Labute approximate surface area is 386 Å². The molecule has 0 aliphatic heterocycles. The van der Waals surface area contributed by atoms with Crippen molar-refractivity contribution in [3.05, 3.63) is 48.6 Å². The van der Waals surface area contributed by atoms with Gasteiger partial charge in [-0.15, -0.1) is 0 Å². The predicted octanol–water partition coefficient (Wildman–Crippen LogP) is 18.3. The summed E-state index contributed by atoms with van der Waals surface area (Å²) in [5.41, 5.74) is 0. The summed E-state index contributed by atoms with van der Waals surface area (Å²) in [6, 6.07) is 0. The van der Waals surface area contributed by atoms with Crippen LogP contribution in [0.4, 0.5) is 0 Å². The Bertz CT molecular complexity index is 1030. The molecule has 0 aromatic heterocycles. The van der Waals surface area contributed by atoms with E-state index in [9.17, 15) is 9.59 Å². The quantitative estimate of drug-likeness (QED) is 0.0346. The first-order valence-corrected chi connectivity index (χ1v) is 27.2. The van der Waals surface area contributed by atoms with Crippen LogP contribution >= 0.6 is 0 Å². The monoisotopic (exact) mass is 869 g/mol. The lowest BCUT2D eigenvalue weighted by atomic mass is 10.1. The average molecular weight is 869 g/mol. The minimum Gasteiger partial charge on any atom is -0.462 e. The normalized spacial score (nSPS) is 12.5. The van der Waals surface area contributed by atoms with Crippen molar-refractivity contribution in [2.75, 3.05) is 19.8 Å². The third-order valence-electron chi connectivity index (χ3n) is 11.8. The number of hydrogen-bond acceptors (Lipinski definition) is 5. The van der Waals surface area contributed by atoms with Gasteiger partial charge in [0.25, 0.3) is 0 Å². The van der Waals surface area contributed by atoms with Crippen LogP contribution < -0.4 is 0 Å². The van der Waals surface area contributed by atoms with Gasteiger partial charge in [-0.05, 0) is 83.5 Å². The Balaban J connectivity index is 4.15. The zero-order valence-electron chi connectivity index (χ0n) is 41.6. The van der Waals surface area contributed by atoms with Gasteiger partial charge in [-0.25, -0.2) is 0 Å². The van der Waals surface area contributed by atoms with E-state index in [-0.39, 0.29) is 25.2 Å². The van der Waals surface area contributed by atoms with Crippen LogP contribution in [0, 0.1) is 0 Å². The first-order chi connectivity index (χ1) is 30.6. The van der Waals surface area contributed by atoms with E-state index in [1.807, 2.05) is 0 Å². The number of ether oxygens (including phenoxy) is 3. The molecule has 0 spiro atoms. The maximum Gasteiger partial charge on any atom is 0.306 e. The average Bonchev–Trinajstić information content (AvgIpc) is 3.27. The summed E-state index contributed by atoms with van der Waals surface area (Å²) in [5, 5.41) is 0. The number of allylic oxidation sites excluding steroid dienone is 8. The molecule has 0 saturated carbocycles. The lowest BCUT2D eigenvalue weighted by Gasteiger charge is -2.18. The van der Waals surface area contributed by atoms with Gasteiger partial charge in [-0.2, -0.15) is 0 Å². The van der Waals surface area contributed by atoms with Crippen molar-refractivity contribution in [3.63, 3.8) is 0 Å². The molecule has 0 saturated heterocycles. The molecule has 0 aromatic rings. The van der Waals surface area contributed by atoms with Crippen LogP contribution in [0.3, 0.4) is 0 Å². The number of rotatable bonds is 50. The van der Waals surface area contributed by atoms with Crippen molar-refractivity contribution in [2.24, 2.45) is 0 Å². The van der Waals surface area contributed by atoms with Crippen molar-refractivity contribution in [1.82, 2.24) is 0 Å². The second-order valence-electron chi connectivity index (χ2n) is 18.1. The molecule has 0 N–H and O–H groups in total. The van der Waals surface area contributed by atoms with Crippen LogP contribution in [-0.4, -0.2) is 37.9 Å². The van der Waals surface area contributed by atoms with Gasteiger partial charge in [0.2, 0.25) is 0 Å². The van der Waals surface area contributed by atoms with Gasteiger partial charge in [0.05, 0.1) is 6.61 Å². The van der Waals surface area contributed by atoms with Crippen LogP contribution in [0.25, 0.3) is 0 Å². The Morgan fingerprint density at radius 3 is 1.10 bits per heavy atom. The summed E-state index contributed by atoms with van der Waals surface area (Å²) in [5.74, 6) is -0.399. The summed E-state index contributed by atoms with van der Waals surface area (Å²) >= 11 is 0. The Hall–Kier alpha value is -2.14. The molecule has 1 unspecified atom stereocenters. The zero-order chi connectivity index (χ0) is 44.9. The molecule has 0 fully saturated rings. The number of hydrogen-bond donors (Lipinski definition) is 0. The van der Waals surface area contributed by atoms with E-state index >= 15 is 0 Å². The van der Waals surface area contributed by atoms with E-state index in [2.05, 4.69) is 69.4 Å². The van der Waals surface area contributed by atoms with Gasteiger partial charge in [0.15, 0.2) is 6.10 Å². The van der Waals surface area contributed by atoms with Crippen molar-refractivity contribution in [2.45, 2.75) is 284 Å². The highest BCUT2D eigenvalue weighted by atomic mass is 16.6. The predicted molar refractivity (Wildman–Crippen MR) is 270 cm³/mol. The molecule has 1 atom stereocenters. The number of unbranched alkanes of at least 4 members (excludes halogenated alkanes) is 31. The van der Waals surface area contributed by atoms with E-state index in [0.717, 1.165) is 57.8 Å². The fraction of sp³-hybridized carbons (Fsp3) is 0.825. The smallest absolute Gasteiger partial charge is 0.306 e. The van der Waals surface area contributed by atoms with Gasteiger partial charge in [0, 0.05) is 19.4 Å². The lowest BCUT2D eigenvalue weighted by molar-refractivity contribution is -0.163. The fourth-order valence-electron chi connectivity index (χ4n) is 7.75. The topological polar surface area (TPSA) is 61.8 Å². The van der Waals surface area contributed by atoms with E-state index in [1.165, 1.54) is 186 Å². The Morgan fingerprint density at radius 2 is 0.677 bits per heavy atom. The van der Waals surface area contributed by atoms with Crippen molar-refractivity contribution >= 4 is 11.9 Å². The van der Waals surface area contributed by atoms with Crippen LogP contribution in [-0.2, 0) is 23.8 Å². The number of carbonyl (C=O) groups excluding carboxylic acids is 2. The minimum atomic E-state index is -0.537. The molecule has 0 rings (SSSR count). The van der Waals surface area contributed by atoms with Gasteiger partial charge >= 0.3 is 11.9 Å². The first kappa shape index (κ1) is 59.9. The molecule has 0 heterocycles. The molecule has 5 heteroatoms. The maximum atomic E-state index is 12.7. The molecule has 0 aliphatic rings. The molecule has 0 aliphatic carbocycles. The van der Waals surface area contributed by atoms with E-state index < -0.39 is 6.10 Å². The van der Waals surface area contributed by atoms with Crippen LogP contribution in [0.5, 0.6) is 0 Å². The molecule has 0 aromatic carbocycles. The molecule has 0 bridgehead atoms. The van der Waals surface area contributed by atoms with E-state index in [0.29, 0.717) is 19.4 Å². The van der Waals surface area contributed by atoms with Gasteiger partial charge < -0.3 is 14.2 Å². The Kier molecular flexibility index (Phi) is 51.4. The minimum absolute atomic E-state index is 0.0829. The van der Waals surface area contributed by atoms with Crippen molar-refractivity contribution < 1.29 is 23.8 Å². The maximum absolute atomic E-state index is 12.7. The highest BCUT2D eigenvalue weighted by Crippen LogP contribution is 2.15.